The Morgan fingerprint density at radius 1 is 1.47 bits per heavy atom. The van der Waals surface area contributed by atoms with E-state index >= 15 is 0 Å². The van der Waals surface area contributed by atoms with Gasteiger partial charge in [-0.3, -0.25) is 10.1 Å². The zero-order chi connectivity index (χ0) is 11.3. The molecule has 0 unspecified atom stereocenters. The third-order valence-electron chi connectivity index (χ3n) is 2.00. The highest BCUT2D eigenvalue weighted by Gasteiger charge is 2.06. The van der Waals surface area contributed by atoms with Crippen LogP contribution in [0.25, 0.3) is 0 Å². The quantitative estimate of drug-likeness (QED) is 0.593. The molecular weight excluding hydrogens is 194 g/mol. The van der Waals surface area contributed by atoms with Crippen LogP contribution in [0.15, 0.2) is 24.3 Å². The van der Waals surface area contributed by atoms with Gasteiger partial charge >= 0.3 is 0 Å². The molecule has 1 atom stereocenters. The second-order valence-electron chi connectivity index (χ2n) is 3.25. The second-order valence-corrected chi connectivity index (χ2v) is 3.25. The van der Waals surface area contributed by atoms with Gasteiger partial charge in [-0.1, -0.05) is 12.1 Å². The van der Waals surface area contributed by atoms with Crippen molar-refractivity contribution in [2.45, 2.75) is 18.9 Å². The third-order valence-corrected chi connectivity index (χ3v) is 2.00. The van der Waals surface area contributed by atoms with Crippen LogP contribution in [-0.2, 0) is 6.42 Å². The summed E-state index contributed by atoms with van der Waals surface area (Å²) in [5, 5.41) is 18.8. The van der Waals surface area contributed by atoms with Gasteiger partial charge in [0, 0.05) is 18.2 Å². The molecule has 0 radical (unpaired) electrons. The number of nitrogens with zero attached hydrogens (tertiary/aromatic N) is 2. The van der Waals surface area contributed by atoms with Crippen molar-refractivity contribution in [3.63, 3.8) is 0 Å². The zero-order valence-corrected chi connectivity index (χ0v) is 8.09. The summed E-state index contributed by atoms with van der Waals surface area (Å²) in [7, 11) is 0. The molecule has 0 bridgehead atoms. The molecule has 0 aliphatic carbocycles. The van der Waals surface area contributed by atoms with Crippen molar-refractivity contribution in [2.24, 2.45) is 5.73 Å². The van der Waals surface area contributed by atoms with Crippen LogP contribution in [-0.4, -0.2) is 11.0 Å². The van der Waals surface area contributed by atoms with Crippen molar-refractivity contribution >= 4 is 5.69 Å². The third kappa shape index (κ3) is 3.37. The van der Waals surface area contributed by atoms with Crippen LogP contribution in [0.4, 0.5) is 5.69 Å². The SMILES string of the molecule is N#CC[C@@H](N)Cc1ccc([N+](=O)[O-])cc1. The highest BCUT2D eigenvalue weighted by molar-refractivity contribution is 5.33. The maximum Gasteiger partial charge on any atom is 0.269 e. The second kappa shape index (κ2) is 5.08. The maximum atomic E-state index is 10.4. The predicted molar refractivity (Wildman–Crippen MR) is 55.0 cm³/mol. The monoisotopic (exact) mass is 205 g/mol. The van der Waals surface area contributed by atoms with Gasteiger partial charge in [0.15, 0.2) is 0 Å². The normalized spacial score (nSPS) is 11.7. The van der Waals surface area contributed by atoms with Gasteiger partial charge in [-0.2, -0.15) is 5.26 Å². The average Bonchev–Trinajstić information content (AvgIpc) is 2.18. The van der Waals surface area contributed by atoms with Crippen LogP contribution < -0.4 is 5.73 Å². The maximum absolute atomic E-state index is 10.4. The van der Waals surface area contributed by atoms with Crippen LogP contribution in [0.1, 0.15) is 12.0 Å². The van der Waals surface area contributed by atoms with Crippen molar-refractivity contribution in [3.05, 3.63) is 39.9 Å². The van der Waals surface area contributed by atoms with E-state index in [1.807, 2.05) is 6.07 Å². The number of hydrogen-bond donors (Lipinski definition) is 1. The molecular formula is C10H11N3O2. The number of nitrogens with two attached hydrogens (primary N) is 1. The molecule has 5 heteroatoms. The number of nitriles is 1. The summed E-state index contributed by atoms with van der Waals surface area (Å²) in [5.41, 5.74) is 6.63. The minimum atomic E-state index is -0.445. The van der Waals surface area contributed by atoms with Crippen LogP contribution in [0, 0.1) is 21.4 Å². The average molecular weight is 205 g/mol. The Morgan fingerprint density at radius 3 is 2.53 bits per heavy atom. The predicted octanol–water partition coefficient (Wildman–Crippen LogP) is 1.38. The van der Waals surface area contributed by atoms with Gasteiger partial charge < -0.3 is 5.73 Å². The van der Waals surface area contributed by atoms with E-state index in [1.165, 1.54) is 12.1 Å². The summed E-state index contributed by atoms with van der Waals surface area (Å²) in [4.78, 5) is 9.93. The molecule has 15 heavy (non-hydrogen) atoms. The van der Waals surface area contributed by atoms with E-state index in [-0.39, 0.29) is 18.2 Å². The highest BCUT2D eigenvalue weighted by Crippen LogP contribution is 2.13. The first-order chi connectivity index (χ1) is 7.13. The molecule has 1 aromatic rings. The van der Waals surface area contributed by atoms with E-state index in [4.69, 9.17) is 11.0 Å². The molecule has 1 rings (SSSR count). The lowest BCUT2D eigenvalue weighted by Gasteiger charge is -2.06. The lowest BCUT2D eigenvalue weighted by molar-refractivity contribution is -0.384. The first kappa shape index (κ1) is 11.1. The molecule has 5 nitrogen and oxygen atoms in total. The largest absolute Gasteiger partial charge is 0.326 e. The molecule has 78 valence electrons. The number of hydrogen-bond acceptors (Lipinski definition) is 4. The van der Waals surface area contributed by atoms with Crippen molar-refractivity contribution in [3.8, 4) is 6.07 Å². The molecule has 0 aliphatic heterocycles. The number of rotatable bonds is 4. The van der Waals surface area contributed by atoms with Crippen molar-refractivity contribution in [1.82, 2.24) is 0 Å². The van der Waals surface area contributed by atoms with Crippen molar-refractivity contribution in [1.29, 1.82) is 5.26 Å². The summed E-state index contributed by atoms with van der Waals surface area (Å²) in [6.45, 7) is 0. The Morgan fingerprint density at radius 2 is 2.07 bits per heavy atom. The highest BCUT2D eigenvalue weighted by atomic mass is 16.6. The van der Waals surface area contributed by atoms with E-state index in [2.05, 4.69) is 0 Å². The molecule has 0 saturated carbocycles. The molecule has 0 saturated heterocycles. The van der Waals surface area contributed by atoms with Gasteiger partial charge in [-0.15, -0.1) is 0 Å². The molecule has 0 amide bonds. The van der Waals surface area contributed by atoms with Crippen LogP contribution in [0.5, 0.6) is 0 Å². The number of nitro benzene ring substituents is 1. The summed E-state index contributed by atoms with van der Waals surface area (Å²) in [6.07, 6.45) is 0.850. The summed E-state index contributed by atoms with van der Waals surface area (Å²) >= 11 is 0. The Bertz CT molecular complexity index is 381. The Hall–Kier alpha value is -1.93. The first-order valence-corrected chi connectivity index (χ1v) is 4.49. The van der Waals surface area contributed by atoms with Crippen LogP contribution in [0.3, 0.4) is 0 Å². The fourth-order valence-corrected chi connectivity index (χ4v) is 1.25. The standard InChI is InChI=1S/C10H11N3O2/c11-6-5-9(12)7-8-1-3-10(4-2-8)13(14)15/h1-4,9H,5,7,12H2/t9-/m1/s1. The molecule has 0 heterocycles. The molecule has 2 N–H and O–H groups in total. The lowest BCUT2D eigenvalue weighted by Crippen LogP contribution is -2.21. The van der Waals surface area contributed by atoms with E-state index in [0.717, 1.165) is 5.56 Å². The van der Waals surface area contributed by atoms with Gasteiger partial charge in [-0.05, 0) is 12.0 Å². The molecule has 0 aliphatic rings. The minimum Gasteiger partial charge on any atom is -0.326 e. The molecule has 0 aromatic heterocycles. The smallest absolute Gasteiger partial charge is 0.269 e. The first-order valence-electron chi connectivity index (χ1n) is 4.49. The fourth-order valence-electron chi connectivity index (χ4n) is 1.25. The van der Waals surface area contributed by atoms with Gasteiger partial charge in [0.2, 0.25) is 0 Å². The topological polar surface area (TPSA) is 93.0 Å². The van der Waals surface area contributed by atoms with Crippen molar-refractivity contribution in [2.75, 3.05) is 0 Å². The van der Waals surface area contributed by atoms with Crippen LogP contribution in [0.2, 0.25) is 0 Å². The number of non-ortho nitro benzene ring substituents is 1. The molecule has 1 aromatic carbocycles. The van der Waals surface area contributed by atoms with Gasteiger partial charge in [-0.25, -0.2) is 0 Å². The summed E-state index contributed by atoms with van der Waals surface area (Å²) in [5.74, 6) is 0. The summed E-state index contributed by atoms with van der Waals surface area (Å²) < 4.78 is 0. The molecule has 0 fully saturated rings. The van der Waals surface area contributed by atoms with Crippen molar-refractivity contribution < 1.29 is 4.92 Å². The molecule has 0 spiro atoms. The minimum absolute atomic E-state index is 0.0626. The number of benzene rings is 1. The van der Waals surface area contributed by atoms with E-state index < -0.39 is 4.92 Å². The zero-order valence-electron chi connectivity index (χ0n) is 8.09. The number of nitro groups is 1. The lowest BCUT2D eigenvalue weighted by atomic mass is 10.0. The Kier molecular flexibility index (Phi) is 3.77. The van der Waals surface area contributed by atoms with Crippen LogP contribution >= 0.6 is 0 Å². The van der Waals surface area contributed by atoms with E-state index in [9.17, 15) is 10.1 Å². The Balaban J connectivity index is 2.65. The fraction of sp³-hybridized carbons (Fsp3) is 0.300. The Labute approximate surface area is 87.3 Å². The summed E-state index contributed by atoms with van der Waals surface area (Å²) in [6, 6.07) is 7.97. The van der Waals surface area contributed by atoms with E-state index in [0.29, 0.717) is 6.42 Å². The van der Waals surface area contributed by atoms with E-state index in [1.54, 1.807) is 12.1 Å². The van der Waals surface area contributed by atoms with Gasteiger partial charge in [0.25, 0.3) is 5.69 Å². The van der Waals surface area contributed by atoms with Gasteiger partial charge in [0.05, 0.1) is 17.4 Å². The van der Waals surface area contributed by atoms with Gasteiger partial charge in [0.1, 0.15) is 0 Å².